The quantitative estimate of drug-likeness (QED) is 0.800. The maximum atomic E-state index is 12.1. The summed E-state index contributed by atoms with van der Waals surface area (Å²) < 4.78 is 0. The number of carboxylic acid groups (broad SMARTS) is 1. The monoisotopic (exact) mass is 290 g/mol. The van der Waals surface area contributed by atoms with E-state index in [-0.39, 0.29) is 0 Å². The second-order valence-corrected chi connectivity index (χ2v) is 6.02. The minimum atomic E-state index is -1.14. The molecule has 0 saturated heterocycles. The second-order valence-electron chi connectivity index (χ2n) is 6.02. The number of carbonyl (C=O) groups excluding carboxylic acids is 1. The molecule has 1 aromatic carbocycles. The lowest BCUT2D eigenvalue weighted by atomic mass is 9.77. The lowest BCUT2D eigenvalue weighted by Gasteiger charge is -2.36. The van der Waals surface area contributed by atoms with Crippen LogP contribution in [0.15, 0.2) is 24.3 Å². The largest absolute Gasteiger partial charge is 0.480 e. The Morgan fingerprint density at radius 3 is 2.52 bits per heavy atom. The number of benzene rings is 1. The van der Waals surface area contributed by atoms with Crippen LogP contribution in [0.2, 0.25) is 0 Å². The molecule has 0 spiro atoms. The zero-order valence-electron chi connectivity index (χ0n) is 12.5. The molecule has 1 aromatic rings. The number of anilines is 1. The number of nitrogens with one attached hydrogen (secondary N) is 2. The van der Waals surface area contributed by atoms with Gasteiger partial charge in [0.1, 0.15) is 5.54 Å². The highest BCUT2D eigenvalue weighted by molar-refractivity contribution is 5.94. The van der Waals surface area contributed by atoms with Gasteiger partial charge in [0, 0.05) is 5.69 Å². The molecule has 21 heavy (non-hydrogen) atoms. The maximum Gasteiger partial charge on any atom is 0.329 e. The highest BCUT2D eigenvalue weighted by Crippen LogP contribution is 2.32. The molecule has 2 amide bonds. The van der Waals surface area contributed by atoms with Gasteiger partial charge in [0.25, 0.3) is 0 Å². The predicted molar refractivity (Wildman–Crippen MR) is 81.3 cm³/mol. The molecule has 1 aliphatic carbocycles. The summed E-state index contributed by atoms with van der Waals surface area (Å²) in [7, 11) is 0. The van der Waals surface area contributed by atoms with Crippen molar-refractivity contribution in [2.24, 2.45) is 5.92 Å². The normalized spacial score (nSPS) is 25.1. The number of hydrogen-bond donors (Lipinski definition) is 3. The molecule has 5 nitrogen and oxygen atoms in total. The Labute approximate surface area is 124 Å². The minimum absolute atomic E-state index is 0.461. The fourth-order valence-electron chi connectivity index (χ4n) is 2.75. The summed E-state index contributed by atoms with van der Waals surface area (Å²) in [5.41, 5.74) is 0.560. The zero-order valence-corrected chi connectivity index (χ0v) is 12.5. The molecule has 0 bridgehead atoms. The zero-order chi connectivity index (χ0) is 15.5. The lowest BCUT2D eigenvalue weighted by Crippen LogP contribution is -2.57. The number of aliphatic carboxylic acids is 1. The van der Waals surface area contributed by atoms with Gasteiger partial charge in [0.2, 0.25) is 0 Å². The van der Waals surface area contributed by atoms with Crippen LogP contribution in [0.4, 0.5) is 10.5 Å². The first kappa shape index (κ1) is 15.4. The van der Waals surface area contributed by atoms with Crippen LogP contribution in [0.5, 0.6) is 0 Å². The molecule has 0 unspecified atom stereocenters. The Morgan fingerprint density at radius 2 is 1.95 bits per heavy atom. The van der Waals surface area contributed by atoms with Crippen molar-refractivity contribution in [3.63, 3.8) is 0 Å². The van der Waals surface area contributed by atoms with Crippen LogP contribution in [-0.2, 0) is 4.79 Å². The molecule has 3 N–H and O–H groups in total. The van der Waals surface area contributed by atoms with Crippen LogP contribution in [0.3, 0.4) is 0 Å². The molecule has 0 aromatic heterocycles. The van der Waals surface area contributed by atoms with E-state index >= 15 is 0 Å². The Hall–Kier alpha value is -2.04. The number of rotatable bonds is 3. The Morgan fingerprint density at radius 1 is 1.29 bits per heavy atom. The van der Waals surface area contributed by atoms with Gasteiger partial charge >= 0.3 is 12.0 Å². The van der Waals surface area contributed by atoms with Gasteiger partial charge in [0.05, 0.1) is 0 Å². The Balaban J connectivity index is 2.04. The van der Waals surface area contributed by atoms with E-state index in [2.05, 4.69) is 17.6 Å². The number of carbonyl (C=O) groups is 2. The highest BCUT2D eigenvalue weighted by atomic mass is 16.4. The second kappa shape index (κ2) is 6.16. The summed E-state index contributed by atoms with van der Waals surface area (Å²) in [5, 5.41) is 14.9. The van der Waals surface area contributed by atoms with Crippen molar-refractivity contribution < 1.29 is 14.7 Å². The molecule has 0 atom stereocenters. The van der Waals surface area contributed by atoms with Crippen LogP contribution < -0.4 is 10.6 Å². The molecule has 1 saturated carbocycles. The first-order chi connectivity index (χ1) is 9.91. The molecule has 0 heterocycles. The van der Waals surface area contributed by atoms with Gasteiger partial charge in [0.15, 0.2) is 0 Å². The lowest BCUT2D eigenvalue weighted by molar-refractivity contribution is -0.146. The van der Waals surface area contributed by atoms with Crippen LogP contribution in [-0.4, -0.2) is 22.6 Å². The predicted octanol–water partition coefficient (Wildman–Crippen LogP) is 3.15. The molecular weight excluding hydrogens is 268 g/mol. The van der Waals surface area contributed by atoms with E-state index in [1.54, 1.807) is 6.07 Å². The van der Waals surface area contributed by atoms with Gasteiger partial charge < -0.3 is 15.7 Å². The molecule has 0 aliphatic heterocycles. The van der Waals surface area contributed by atoms with Crippen molar-refractivity contribution in [3.8, 4) is 0 Å². The smallest absolute Gasteiger partial charge is 0.329 e. The summed E-state index contributed by atoms with van der Waals surface area (Å²) in [6.45, 7) is 4.04. The van der Waals surface area contributed by atoms with E-state index in [0.29, 0.717) is 24.4 Å². The molecule has 0 radical (unpaired) electrons. The van der Waals surface area contributed by atoms with E-state index < -0.39 is 17.5 Å². The van der Waals surface area contributed by atoms with Crippen molar-refractivity contribution in [1.29, 1.82) is 0 Å². The third-order valence-electron chi connectivity index (χ3n) is 4.17. The molecule has 1 fully saturated rings. The summed E-state index contributed by atoms with van der Waals surface area (Å²) in [4.78, 5) is 23.7. The standard InChI is InChI=1S/C16H22N2O3/c1-11-6-8-16(9-7-11,14(19)20)18-15(21)17-13-5-3-4-12(2)10-13/h3-5,10-11H,6-9H2,1-2H3,(H,19,20)(H2,17,18,21). The minimum Gasteiger partial charge on any atom is -0.480 e. The fourth-order valence-corrected chi connectivity index (χ4v) is 2.75. The number of urea groups is 1. The number of carboxylic acids is 1. The Kier molecular flexibility index (Phi) is 4.50. The highest BCUT2D eigenvalue weighted by Gasteiger charge is 2.42. The van der Waals surface area contributed by atoms with Gasteiger partial charge in [-0.3, -0.25) is 0 Å². The number of amides is 2. The van der Waals surface area contributed by atoms with Gasteiger partial charge in [-0.25, -0.2) is 9.59 Å². The van der Waals surface area contributed by atoms with Gasteiger partial charge in [-0.15, -0.1) is 0 Å². The van der Waals surface area contributed by atoms with Gasteiger partial charge in [-0.2, -0.15) is 0 Å². The topological polar surface area (TPSA) is 78.4 Å². The summed E-state index contributed by atoms with van der Waals surface area (Å²) >= 11 is 0. The van der Waals surface area contributed by atoms with Crippen LogP contribution in [0, 0.1) is 12.8 Å². The SMILES string of the molecule is Cc1cccc(NC(=O)NC2(C(=O)O)CCC(C)CC2)c1. The average Bonchev–Trinajstić information content (AvgIpc) is 2.41. The first-order valence-electron chi connectivity index (χ1n) is 7.30. The van der Waals surface area contributed by atoms with Crippen LogP contribution >= 0.6 is 0 Å². The molecule has 1 aliphatic rings. The van der Waals surface area contributed by atoms with Crippen molar-refractivity contribution in [2.45, 2.75) is 45.1 Å². The van der Waals surface area contributed by atoms with Gasteiger partial charge in [-0.1, -0.05) is 19.1 Å². The van der Waals surface area contributed by atoms with E-state index in [9.17, 15) is 14.7 Å². The average molecular weight is 290 g/mol. The summed E-state index contributed by atoms with van der Waals surface area (Å²) in [6, 6.07) is 6.95. The van der Waals surface area contributed by atoms with Crippen LogP contribution in [0.1, 0.15) is 38.2 Å². The van der Waals surface area contributed by atoms with E-state index in [1.807, 2.05) is 25.1 Å². The number of hydrogen-bond acceptors (Lipinski definition) is 2. The van der Waals surface area contributed by atoms with Crippen LogP contribution in [0.25, 0.3) is 0 Å². The van der Waals surface area contributed by atoms with E-state index in [1.165, 1.54) is 0 Å². The van der Waals surface area contributed by atoms with E-state index in [4.69, 9.17) is 0 Å². The third kappa shape index (κ3) is 3.74. The van der Waals surface area contributed by atoms with Crippen molar-refractivity contribution in [3.05, 3.63) is 29.8 Å². The van der Waals surface area contributed by atoms with Gasteiger partial charge in [-0.05, 0) is 56.2 Å². The first-order valence-corrected chi connectivity index (χ1v) is 7.30. The summed E-state index contributed by atoms with van der Waals surface area (Å²) in [6.07, 6.45) is 2.59. The van der Waals surface area contributed by atoms with Crippen molar-refractivity contribution >= 4 is 17.7 Å². The molecule has 114 valence electrons. The summed E-state index contributed by atoms with van der Waals surface area (Å²) in [5.74, 6) is -0.437. The Bertz CT molecular complexity index is 534. The maximum absolute atomic E-state index is 12.1. The van der Waals surface area contributed by atoms with Crippen molar-refractivity contribution in [2.75, 3.05) is 5.32 Å². The molecule has 5 heteroatoms. The third-order valence-corrected chi connectivity index (χ3v) is 4.17. The molecular formula is C16H22N2O3. The van der Waals surface area contributed by atoms with E-state index in [0.717, 1.165) is 18.4 Å². The molecule has 2 rings (SSSR count). The van der Waals surface area contributed by atoms with Crippen molar-refractivity contribution in [1.82, 2.24) is 5.32 Å². The number of aryl methyl sites for hydroxylation is 1. The fraction of sp³-hybridized carbons (Fsp3) is 0.500.